The molecule has 0 aliphatic rings. The highest BCUT2D eigenvalue weighted by Crippen LogP contribution is 2.13. The third kappa shape index (κ3) is 7.40. The van der Waals surface area contributed by atoms with Crippen molar-refractivity contribution < 1.29 is 4.79 Å². The van der Waals surface area contributed by atoms with E-state index in [0.717, 1.165) is 32.2 Å². The zero-order valence-electron chi connectivity index (χ0n) is 12.3. The van der Waals surface area contributed by atoms with E-state index in [0.29, 0.717) is 18.4 Å². The van der Waals surface area contributed by atoms with Gasteiger partial charge in [0.1, 0.15) is 0 Å². The van der Waals surface area contributed by atoms with Crippen LogP contribution in [-0.2, 0) is 4.79 Å². The second-order valence-electron chi connectivity index (χ2n) is 5.04. The third-order valence-corrected chi connectivity index (χ3v) is 3.29. The summed E-state index contributed by atoms with van der Waals surface area (Å²) >= 11 is 0. The quantitative estimate of drug-likeness (QED) is 0.520. The third-order valence-electron chi connectivity index (χ3n) is 3.29. The minimum Gasteiger partial charge on any atom is -0.340 e. The Kier molecular flexibility index (Phi) is 10.3. The topological polar surface area (TPSA) is 20.3 Å². The summed E-state index contributed by atoms with van der Waals surface area (Å²) < 4.78 is 0. The van der Waals surface area contributed by atoms with Gasteiger partial charge in [-0.05, 0) is 26.2 Å². The van der Waals surface area contributed by atoms with Gasteiger partial charge in [-0.25, -0.2) is 0 Å². The van der Waals surface area contributed by atoms with Crippen molar-refractivity contribution in [2.75, 3.05) is 6.54 Å². The lowest BCUT2D eigenvalue weighted by molar-refractivity contribution is -0.133. The summed E-state index contributed by atoms with van der Waals surface area (Å²) in [6.45, 7) is 9.64. The fourth-order valence-electron chi connectivity index (χ4n) is 2.12. The predicted molar refractivity (Wildman–Crippen MR) is 75.1 cm³/mol. The molecule has 0 aromatic rings. The Morgan fingerprint density at radius 3 is 2.18 bits per heavy atom. The Hall–Kier alpha value is -0.530. The van der Waals surface area contributed by atoms with Crippen LogP contribution in [0.25, 0.3) is 0 Å². The lowest BCUT2D eigenvalue weighted by Crippen LogP contribution is -2.39. The van der Waals surface area contributed by atoms with Gasteiger partial charge >= 0.3 is 0 Å². The number of hydrogen-bond donors (Lipinski definition) is 0. The Balaban J connectivity index is 4.18. The first-order valence-corrected chi connectivity index (χ1v) is 7.46. The smallest absolute Gasteiger partial charge is 0.222 e. The van der Waals surface area contributed by atoms with Gasteiger partial charge in [-0.1, -0.05) is 46.5 Å². The van der Waals surface area contributed by atoms with E-state index in [1.807, 2.05) is 0 Å². The molecule has 0 rings (SSSR count). The highest BCUT2D eigenvalue weighted by atomic mass is 16.2. The molecule has 102 valence electrons. The van der Waals surface area contributed by atoms with E-state index >= 15 is 0 Å². The number of rotatable bonds is 10. The van der Waals surface area contributed by atoms with Crippen molar-refractivity contribution >= 4 is 5.91 Å². The van der Waals surface area contributed by atoms with E-state index in [1.54, 1.807) is 0 Å². The van der Waals surface area contributed by atoms with Crippen molar-refractivity contribution in [3.05, 3.63) is 0 Å². The van der Waals surface area contributed by atoms with Gasteiger partial charge in [0.2, 0.25) is 5.91 Å². The second kappa shape index (κ2) is 10.6. The Bertz CT molecular complexity index is 191. The fourth-order valence-corrected chi connectivity index (χ4v) is 2.12. The maximum absolute atomic E-state index is 12.0. The molecule has 0 N–H and O–H groups in total. The SMILES string of the molecule is CCCCCC(C)N(CCCC)C(=O)CCC. The van der Waals surface area contributed by atoms with Crippen molar-refractivity contribution in [2.45, 2.75) is 85.1 Å². The molecule has 1 unspecified atom stereocenters. The standard InChI is InChI=1S/C15H31NO/c1-5-8-10-12-14(4)16(13-9-6-2)15(17)11-7-3/h14H,5-13H2,1-4H3. The first kappa shape index (κ1) is 16.5. The van der Waals surface area contributed by atoms with Crippen LogP contribution in [-0.4, -0.2) is 23.4 Å². The molecule has 0 spiro atoms. The summed E-state index contributed by atoms with van der Waals surface area (Å²) in [5, 5.41) is 0. The van der Waals surface area contributed by atoms with E-state index in [1.165, 1.54) is 19.3 Å². The maximum Gasteiger partial charge on any atom is 0.222 e. The first-order valence-electron chi connectivity index (χ1n) is 7.46. The molecule has 0 aliphatic carbocycles. The molecule has 0 aromatic carbocycles. The molecular weight excluding hydrogens is 210 g/mol. The lowest BCUT2D eigenvalue weighted by atomic mass is 10.1. The number of carbonyl (C=O) groups is 1. The molecule has 2 heteroatoms. The summed E-state index contributed by atoms with van der Waals surface area (Å²) in [6.07, 6.45) is 8.92. The Morgan fingerprint density at radius 1 is 1.00 bits per heavy atom. The maximum atomic E-state index is 12.0. The van der Waals surface area contributed by atoms with Crippen molar-refractivity contribution in [1.82, 2.24) is 4.90 Å². The van der Waals surface area contributed by atoms with Crippen LogP contribution in [0.4, 0.5) is 0 Å². The van der Waals surface area contributed by atoms with Gasteiger partial charge in [-0.3, -0.25) is 4.79 Å². The summed E-state index contributed by atoms with van der Waals surface area (Å²) in [5.74, 6) is 0.352. The van der Waals surface area contributed by atoms with Crippen LogP contribution in [0.2, 0.25) is 0 Å². The number of unbranched alkanes of at least 4 members (excludes halogenated alkanes) is 3. The van der Waals surface area contributed by atoms with Crippen LogP contribution in [0.5, 0.6) is 0 Å². The minimum atomic E-state index is 0.352. The summed E-state index contributed by atoms with van der Waals surface area (Å²) in [5.41, 5.74) is 0. The van der Waals surface area contributed by atoms with Crippen LogP contribution >= 0.6 is 0 Å². The van der Waals surface area contributed by atoms with Gasteiger partial charge < -0.3 is 4.90 Å². The van der Waals surface area contributed by atoms with Crippen LogP contribution < -0.4 is 0 Å². The van der Waals surface area contributed by atoms with Crippen molar-refractivity contribution in [1.29, 1.82) is 0 Å². The molecular formula is C15H31NO. The van der Waals surface area contributed by atoms with E-state index in [2.05, 4.69) is 32.6 Å². The van der Waals surface area contributed by atoms with E-state index in [9.17, 15) is 4.79 Å². The van der Waals surface area contributed by atoms with Gasteiger partial charge in [0.25, 0.3) is 0 Å². The van der Waals surface area contributed by atoms with Crippen molar-refractivity contribution in [2.24, 2.45) is 0 Å². The number of amides is 1. The minimum absolute atomic E-state index is 0.352. The average Bonchev–Trinajstić information content (AvgIpc) is 2.30. The summed E-state index contributed by atoms with van der Waals surface area (Å²) in [4.78, 5) is 14.2. The largest absolute Gasteiger partial charge is 0.340 e. The molecule has 2 nitrogen and oxygen atoms in total. The summed E-state index contributed by atoms with van der Waals surface area (Å²) in [7, 11) is 0. The Morgan fingerprint density at radius 2 is 1.65 bits per heavy atom. The van der Waals surface area contributed by atoms with Gasteiger partial charge in [-0.2, -0.15) is 0 Å². The monoisotopic (exact) mass is 241 g/mol. The summed E-state index contributed by atoms with van der Waals surface area (Å²) in [6, 6.07) is 0.423. The van der Waals surface area contributed by atoms with E-state index in [4.69, 9.17) is 0 Å². The molecule has 0 aliphatic heterocycles. The fraction of sp³-hybridized carbons (Fsp3) is 0.933. The normalized spacial score (nSPS) is 12.5. The molecule has 17 heavy (non-hydrogen) atoms. The molecule has 0 saturated heterocycles. The molecule has 1 amide bonds. The average molecular weight is 241 g/mol. The molecule has 1 atom stereocenters. The van der Waals surface area contributed by atoms with Gasteiger partial charge in [0.15, 0.2) is 0 Å². The molecule has 0 radical (unpaired) electrons. The van der Waals surface area contributed by atoms with Crippen LogP contribution in [0.15, 0.2) is 0 Å². The highest BCUT2D eigenvalue weighted by Gasteiger charge is 2.18. The molecule has 0 heterocycles. The number of carbonyl (C=O) groups excluding carboxylic acids is 1. The van der Waals surface area contributed by atoms with Gasteiger partial charge in [0, 0.05) is 19.0 Å². The van der Waals surface area contributed by atoms with Crippen molar-refractivity contribution in [3.63, 3.8) is 0 Å². The highest BCUT2D eigenvalue weighted by molar-refractivity contribution is 5.76. The lowest BCUT2D eigenvalue weighted by Gasteiger charge is -2.29. The van der Waals surface area contributed by atoms with Gasteiger partial charge in [-0.15, -0.1) is 0 Å². The first-order chi connectivity index (χ1) is 8.17. The molecule has 0 aromatic heterocycles. The number of hydrogen-bond acceptors (Lipinski definition) is 1. The van der Waals surface area contributed by atoms with Gasteiger partial charge in [0.05, 0.1) is 0 Å². The molecule has 0 saturated carbocycles. The van der Waals surface area contributed by atoms with E-state index in [-0.39, 0.29) is 0 Å². The second-order valence-corrected chi connectivity index (χ2v) is 5.04. The Labute approximate surface area is 108 Å². The molecule has 0 fully saturated rings. The zero-order chi connectivity index (χ0) is 13.1. The van der Waals surface area contributed by atoms with E-state index < -0.39 is 0 Å². The number of nitrogens with zero attached hydrogens (tertiary/aromatic N) is 1. The van der Waals surface area contributed by atoms with Crippen LogP contribution in [0, 0.1) is 0 Å². The van der Waals surface area contributed by atoms with Crippen LogP contribution in [0.1, 0.15) is 79.1 Å². The predicted octanol–water partition coefficient (Wildman–Crippen LogP) is 4.38. The zero-order valence-corrected chi connectivity index (χ0v) is 12.3. The van der Waals surface area contributed by atoms with Crippen molar-refractivity contribution in [3.8, 4) is 0 Å². The molecule has 0 bridgehead atoms. The van der Waals surface area contributed by atoms with Crippen LogP contribution in [0.3, 0.4) is 0 Å².